The zero-order valence-corrected chi connectivity index (χ0v) is 10.4. The van der Waals surface area contributed by atoms with Gasteiger partial charge in [0.1, 0.15) is 0 Å². The van der Waals surface area contributed by atoms with Crippen LogP contribution in [0.1, 0.15) is 58.3 Å². The van der Waals surface area contributed by atoms with E-state index in [0.717, 1.165) is 11.8 Å². The molecule has 0 bridgehead atoms. The molecule has 2 aliphatic rings. The van der Waals surface area contributed by atoms with E-state index in [1.54, 1.807) is 0 Å². The zero-order chi connectivity index (χ0) is 10.5. The highest BCUT2D eigenvalue weighted by Gasteiger charge is 2.25. The summed E-state index contributed by atoms with van der Waals surface area (Å²) in [5.74, 6) is 2.16. The average Bonchev–Trinajstić information content (AvgIpc) is 2.55. The highest BCUT2D eigenvalue weighted by atomic mass is 15.1. The molecular formula is C14H27N. The van der Waals surface area contributed by atoms with Gasteiger partial charge in [-0.1, -0.05) is 39.0 Å². The molecule has 2 fully saturated rings. The van der Waals surface area contributed by atoms with Crippen LogP contribution < -0.4 is 0 Å². The van der Waals surface area contributed by atoms with E-state index in [1.165, 1.54) is 71.0 Å². The Labute approximate surface area is 95.2 Å². The van der Waals surface area contributed by atoms with Gasteiger partial charge in [0, 0.05) is 0 Å². The van der Waals surface area contributed by atoms with Gasteiger partial charge in [0.25, 0.3) is 0 Å². The first-order valence-corrected chi connectivity index (χ1v) is 7.12. The van der Waals surface area contributed by atoms with Crippen LogP contribution in [-0.4, -0.2) is 24.5 Å². The fourth-order valence-corrected chi connectivity index (χ4v) is 3.57. The quantitative estimate of drug-likeness (QED) is 0.670. The van der Waals surface area contributed by atoms with Gasteiger partial charge in [-0.2, -0.15) is 0 Å². The third kappa shape index (κ3) is 3.21. The van der Waals surface area contributed by atoms with Crippen molar-refractivity contribution in [3.05, 3.63) is 0 Å². The van der Waals surface area contributed by atoms with Crippen LogP contribution in [0, 0.1) is 11.8 Å². The highest BCUT2D eigenvalue weighted by Crippen LogP contribution is 2.35. The molecule has 1 unspecified atom stereocenters. The first-order chi connectivity index (χ1) is 7.40. The van der Waals surface area contributed by atoms with Crippen LogP contribution >= 0.6 is 0 Å². The molecule has 15 heavy (non-hydrogen) atoms. The molecule has 2 rings (SSSR count). The summed E-state index contributed by atoms with van der Waals surface area (Å²) in [4.78, 5) is 2.64. The molecule has 1 heterocycles. The zero-order valence-electron chi connectivity index (χ0n) is 10.4. The Bertz CT molecular complexity index is 172. The van der Waals surface area contributed by atoms with Gasteiger partial charge in [0.2, 0.25) is 0 Å². The molecule has 0 amide bonds. The minimum atomic E-state index is 1.07. The summed E-state index contributed by atoms with van der Waals surface area (Å²) in [6, 6.07) is 0. The minimum absolute atomic E-state index is 1.07. The van der Waals surface area contributed by atoms with E-state index in [4.69, 9.17) is 0 Å². The Kier molecular flexibility index (Phi) is 4.49. The molecule has 1 saturated heterocycles. The molecule has 1 aliphatic heterocycles. The van der Waals surface area contributed by atoms with Crippen molar-refractivity contribution in [1.29, 1.82) is 0 Å². The largest absolute Gasteiger partial charge is 0.304 e. The van der Waals surface area contributed by atoms with Gasteiger partial charge in [-0.15, -0.1) is 0 Å². The van der Waals surface area contributed by atoms with Gasteiger partial charge in [-0.3, -0.25) is 0 Å². The first kappa shape index (κ1) is 11.4. The molecule has 0 radical (unpaired) electrons. The molecule has 1 atom stereocenters. The maximum atomic E-state index is 2.64. The normalized spacial score (nSPS) is 31.4. The fraction of sp³-hybridized carbons (Fsp3) is 1.00. The van der Waals surface area contributed by atoms with Crippen molar-refractivity contribution in [2.75, 3.05) is 19.6 Å². The summed E-state index contributed by atoms with van der Waals surface area (Å²) in [5.41, 5.74) is 0. The smallest absolute Gasteiger partial charge is 0.00161 e. The number of hydrogen-bond acceptors (Lipinski definition) is 1. The van der Waals surface area contributed by atoms with Crippen LogP contribution in [0.3, 0.4) is 0 Å². The molecular weight excluding hydrogens is 182 g/mol. The van der Waals surface area contributed by atoms with Crippen molar-refractivity contribution in [2.45, 2.75) is 58.3 Å². The molecule has 0 aromatic rings. The third-order valence-electron chi connectivity index (χ3n) is 4.63. The van der Waals surface area contributed by atoms with Gasteiger partial charge in [-0.25, -0.2) is 0 Å². The Morgan fingerprint density at radius 2 is 1.47 bits per heavy atom. The van der Waals surface area contributed by atoms with Crippen LogP contribution in [0.5, 0.6) is 0 Å². The predicted octanol–water partition coefficient (Wildman–Crippen LogP) is 3.69. The van der Waals surface area contributed by atoms with Crippen molar-refractivity contribution in [3.63, 3.8) is 0 Å². The maximum Gasteiger partial charge on any atom is -0.00161 e. The van der Waals surface area contributed by atoms with E-state index in [2.05, 4.69) is 11.8 Å². The fourth-order valence-electron chi connectivity index (χ4n) is 3.57. The summed E-state index contributed by atoms with van der Waals surface area (Å²) in [6.07, 6.45) is 12.1. The second-order valence-corrected chi connectivity index (χ2v) is 5.52. The second-order valence-electron chi connectivity index (χ2n) is 5.52. The minimum Gasteiger partial charge on any atom is -0.304 e. The van der Waals surface area contributed by atoms with Gasteiger partial charge in [-0.05, 0) is 50.7 Å². The van der Waals surface area contributed by atoms with Gasteiger partial charge in [0.15, 0.2) is 0 Å². The molecule has 1 saturated carbocycles. The molecule has 1 nitrogen and oxygen atoms in total. The first-order valence-electron chi connectivity index (χ1n) is 7.12. The molecule has 0 spiro atoms. The summed E-state index contributed by atoms with van der Waals surface area (Å²) in [5, 5.41) is 0. The van der Waals surface area contributed by atoms with Crippen molar-refractivity contribution in [2.24, 2.45) is 11.8 Å². The molecule has 1 aliphatic carbocycles. The van der Waals surface area contributed by atoms with Crippen LogP contribution in [0.2, 0.25) is 0 Å². The Hall–Kier alpha value is -0.0400. The second kappa shape index (κ2) is 5.89. The summed E-state index contributed by atoms with van der Waals surface area (Å²) >= 11 is 0. The van der Waals surface area contributed by atoms with E-state index < -0.39 is 0 Å². The van der Waals surface area contributed by atoms with Crippen molar-refractivity contribution in [1.82, 2.24) is 4.90 Å². The van der Waals surface area contributed by atoms with E-state index >= 15 is 0 Å². The lowest BCUT2D eigenvalue weighted by molar-refractivity contribution is 0.221. The lowest BCUT2D eigenvalue weighted by Crippen LogP contribution is -2.25. The van der Waals surface area contributed by atoms with Gasteiger partial charge < -0.3 is 4.90 Å². The van der Waals surface area contributed by atoms with Crippen molar-refractivity contribution < 1.29 is 0 Å². The number of hydrogen-bond donors (Lipinski definition) is 0. The Balaban J connectivity index is 1.81. The maximum absolute atomic E-state index is 2.64. The Morgan fingerprint density at radius 3 is 2.20 bits per heavy atom. The summed E-state index contributed by atoms with van der Waals surface area (Å²) < 4.78 is 0. The van der Waals surface area contributed by atoms with E-state index in [0.29, 0.717) is 0 Å². The number of nitrogens with zero attached hydrogens (tertiary/aromatic N) is 1. The monoisotopic (exact) mass is 209 g/mol. The van der Waals surface area contributed by atoms with Crippen LogP contribution in [-0.2, 0) is 0 Å². The van der Waals surface area contributed by atoms with Gasteiger partial charge >= 0.3 is 0 Å². The Morgan fingerprint density at radius 1 is 0.800 bits per heavy atom. The summed E-state index contributed by atoms with van der Waals surface area (Å²) in [6.45, 7) is 6.30. The van der Waals surface area contributed by atoms with Crippen LogP contribution in [0.15, 0.2) is 0 Å². The van der Waals surface area contributed by atoms with Crippen LogP contribution in [0.4, 0.5) is 0 Å². The topological polar surface area (TPSA) is 3.24 Å². The molecule has 0 N–H and O–H groups in total. The standard InChI is InChI=1S/C14H27N/c1-2-15-11-6-9-14(10-12-15)13-7-4-3-5-8-13/h13-14H,2-12H2,1H3. The van der Waals surface area contributed by atoms with Crippen molar-refractivity contribution in [3.8, 4) is 0 Å². The van der Waals surface area contributed by atoms with E-state index in [1.807, 2.05) is 0 Å². The number of likely N-dealkylation sites (tertiary alicyclic amines) is 1. The lowest BCUT2D eigenvalue weighted by Gasteiger charge is -2.29. The average molecular weight is 209 g/mol. The van der Waals surface area contributed by atoms with E-state index in [9.17, 15) is 0 Å². The van der Waals surface area contributed by atoms with Crippen LogP contribution in [0.25, 0.3) is 0 Å². The molecule has 88 valence electrons. The SMILES string of the molecule is CCN1CCCC(C2CCCCC2)CC1. The molecule has 0 aromatic heterocycles. The summed E-state index contributed by atoms with van der Waals surface area (Å²) in [7, 11) is 0. The van der Waals surface area contributed by atoms with Crippen molar-refractivity contribution >= 4 is 0 Å². The van der Waals surface area contributed by atoms with E-state index in [-0.39, 0.29) is 0 Å². The predicted molar refractivity (Wildman–Crippen MR) is 66.0 cm³/mol. The van der Waals surface area contributed by atoms with Gasteiger partial charge in [0.05, 0.1) is 0 Å². The third-order valence-corrected chi connectivity index (χ3v) is 4.63. The highest BCUT2D eigenvalue weighted by molar-refractivity contribution is 4.78. The lowest BCUT2D eigenvalue weighted by atomic mass is 9.77. The molecule has 0 aromatic carbocycles. The molecule has 1 heteroatoms. The number of rotatable bonds is 2.